The lowest BCUT2D eigenvalue weighted by atomic mass is 9.72. The maximum absolute atomic E-state index is 11.4. The molecule has 1 aliphatic carbocycles. The number of fused-ring (bicyclic) bond motifs is 2. The summed E-state index contributed by atoms with van der Waals surface area (Å²) in [5, 5.41) is 11.3. The number of H-pyrrole nitrogens is 1. The van der Waals surface area contributed by atoms with E-state index in [9.17, 15) is 9.90 Å². The second-order valence-electron chi connectivity index (χ2n) is 6.28. The van der Waals surface area contributed by atoms with E-state index in [-0.39, 0.29) is 11.8 Å². The van der Waals surface area contributed by atoms with E-state index in [1.54, 1.807) is 0 Å². The van der Waals surface area contributed by atoms with Gasteiger partial charge in [-0.1, -0.05) is 23.7 Å². The summed E-state index contributed by atoms with van der Waals surface area (Å²) in [5.74, 6) is -0.708. The van der Waals surface area contributed by atoms with Gasteiger partial charge in [0.25, 0.3) is 0 Å². The third-order valence-corrected chi connectivity index (χ3v) is 5.47. The number of nitrogens with one attached hydrogen (secondary N) is 1. The number of piperidine rings is 1. The maximum Gasteiger partial charge on any atom is 0.307 e. The van der Waals surface area contributed by atoms with Crippen LogP contribution in [0.1, 0.15) is 23.5 Å². The molecule has 1 aromatic heterocycles. The van der Waals surface area contributed by atoms with Gasteiger partial charge in [-0.05, 0) is 37.1 Å². The Morgan fingerprint density at radius 2 is 2.29 bits per heavy atom. The lowest BCUT2D eigenvalue weighted by Crippen LogP contribution is -2.49. The van der Waals surface area contributed by atoms with Gasteiger partial charge in [0, 0.05) is 29.4 Å². The van der Waals surface area contributed by atoms with Crippen LogP contribution in [-0.4, -0.2) is 40.6 Å². The number of carboxylic acids is 1. The Kier molecular flexibility index (Phi) is 2.81. The van der Waals surface area contributed by atoms with Crippen LogP contribution in [-0.2, 0) is 11.2 Å². The second-order valence-corrected chi connectivity index (χ2v) is 6.65. The second kappa shape index (κ2) is 4.49. The largest absolute Gasteiger partial charge is 0.481 e. The minimum atomic E-state index is -0.689. The van der Waals surface area contributed by atoms with E-state index in [1.807, 2.05) is 19.2 Å². The van der Waals surface area contributed by atoms with Crippen LogP contribution in [0.4, 0.5) is 0 Å². The first-order valence-electron chi connectivity index (χ1n) is 7.28. The molecule has 2 aromatic rings. The Labute approximate surface area is 127 Å². The third-order valence-electron chi connectivity index (χ3n) is 5.15. The van der Waals surface area contributed by atoms with Crippen molar-refractivity contribution in [2.75, 3.05) is 13.6 Å². The van der Waals surface area contributed by atoms with Crippen LogP contribution in [0.3, 0.4) is 0 Å². The molecule has 110 valence electrons. The van der Waals surface area contributed by atoms with Crippen molar-refractivity contribution in [3.63, 3.8) is 0 Å². The number of hydrogen-bond donors (Lipinski definition) is 2. The van der Waals surface area contributed by atoms with Crippen LogP contribution in [0.5, 0.6) is 0 Å². The molecular weight excluding hydrogens is 288 g/mol. The van der Waals surface area contributed by atoms with Gasteiger partial charge in [-0.15, -0.1) is 0 Å². The van der Waals surface area contributed by atoms with Gasteiger partial charge in [-0.2, -0.15) is 0 Å². The van der Waals surface area contributed by atoms with Crippen LogP contribution in [0.25, 0.3) is 10.9 Å². The van der Waals surface area contributed by atoms with Gasteiger partial charge >= 0.3 is 5.97 Å². The lowest BCUT2D eigenvalue weighted by molar-refractivity contribution is -0.144. The number of nitrogens with zero attached hydrogens (tertiary/aromatic N) is 1. The predicted octanol–water partition coefficient (Wildman–Crippen LogP) is 2.87. The van der Waals surface area contributed by atoms with Gasteiger partial charge < -0.3 is 15.0 Å². The van der Waals surface area contributed by atoms with Crippen molar-refractivity contribution in [3.8, 4) is 0 Å². The van der Waals surface area contributed by atoms with Crippen molar-refractivity contribution < 1.29 is 9.90 Å². The Morgan fingerprint density at radius 1 is 1.48 bits per heavy atom. The smallest absolute Gasteiger partial charge is 0.307 e. The number of aromatic nitrogens is 1. The average Bonchev–Trinajstić information content (AvgIpc) is 2.77. The first-order valence-corrected chi connectivity index (χ1v) is 7.66. The van der Waals surface area contributed by atoms with Crippen molar-refractivity contribution in [2.24, 2.45) is 5.92 Å². The third kappa shape index (κ3) is 1.82. The molecule has 2 unspecified atom stereocenters. The normalized spacial score (nSPS) is 28.6. The van der Waals surface area contributed by atoms with Gasteiger partial charge in [0.1, 0.15) is 5.15 Å². The van der Waals surface area contributed by atoms with Crippen LogP contribution < -0.4 is 0 Å². The highest BCUT2D eigenvalue weighted by atomic mass is 35.5. The minimum absolute atomic E-state index is 0.271. The van der Waals surface area contributed by atoms with Crippen LogP contribution >= 0.6 is 11.6 Å². The number of benzene rings is 1. The summed E-state index contributed by atoms with van der Waals surface area (Å²) >= 11 is 6.36. The highest BCUT2D eigenvalue weighted by Crippen LogP contribution is 2.46. The zero-order chi connectivity index (χ0) is 14.7. The Balaban J connectivity index is 1.88. The summed E-state index contributed by atoms with van der Waals surface area (Å²) in [4.78, 5) is 16.9. The quantitative estimate of drug-likeness (QED) is 0.852. The fourth-order valence-electron chi connectivity index (χ4n) is 4.16. The molecule has 2 N–H and O–H groups in total. The molecule has 1 aromatic carbocycles. The van der Waals surface area contributed by atoms with Gasteiger partial charge in [-0.25, -0.2) is 0 Å². The summed E-state index contributed by atoms with van der Waals surface area (Å²) in [6.07, 6.45) is 1.61. The summed E-state index contributed by atoms with van der Waals surface area (Å²) < 4.78 is 0. The molecular formula is C16H17ClN2O2. The maximum atomic E-state index is 11.4. The molecule has 0 spiro atoms. The number of aliphatic carboxylic acids is 1. The molecule has 3 atom stereocenters. The molecule has 1 fully saturated rings. The molecule has 2 heterocycles. The topological polar surface area (TPSA) is 56.3 Å². The van der Waals surface area contributed by atoms with Crippen molar-refractivity contribution in [2.45, 2.75) is 24.8 Å². The van der Waals surface area contributed by atoms with Crippen molar-refractivity contribution in [1.29, 1.82) is 0 Å². The molecule has 5 heteroatoms. The Bertz CT molecular complexity index is 739. The van der Waals surface area contributed by atoms with Gasteiger partial charge in [0.05, 0.1) is 5.92 Å². The van der Waals surface area contributed by atoms with Gasteiger partial charge in [0.15, 0.2) is 0 Å². The minimum Gasteiger partial charge on any atom is -0.481 e. The molecule has 0 radical (unpaired) electrons. The fourth-order valence-corrected chi connectivity index (χ4v) is 4.44. The number of carbonyl (C=O) groups is 1. The molecule has 4 nitrogen and oxygen atoms in total. The first-order chi connectivity index (χ1) is 10.1. The van der Waals surface area contributed by atoms with Crippen molar-refractivity contribution in [1.82, 2.24) is 9.88 Å². The number of halogens is 1. The molecule has 4 rings (SSSR count). The number of likely N-dealkylation sites (N-methyl/N-ethyl adjacent to an activating group) is 1. The Morgan fingerprint density at radius 3 is 3.05 bits per heavy atom. The van der Waals surface area contributed by atoms with E-state index in [1.165, 1.54) is 16.5 Å². The molecule has 0 amide bonds. The monoisotopic (exact) mass is 304 g/mol. The zero-order valence-electron chi connectivity index (χ0n) is 11.8. The number of rotatable bonds is 1. The fraction of sp³-hybridized carbons (Fsp3) is 0.438. The Hall–Kier alpha value is -1.52. The number of likely N-dealkylation sites (tertiary alicyclic amines) is 1. The molecule has 21 heavy (non-hydrogen) atoms. The highest BCUT2D eigenvalue weighted by molar-refractivity contribution is 6.32. The SMILES string of the molecule is CN1CC(C(=O)O)CC2c3cccc4[nH]c(Cl)c(c34)C[C@H]21. The molecule has 1 aliphatic heterocycles. The summed E-state index contributed by atoms with van der Waals surface area (Å²) in [5.41, 5.74) is 3.50. The predicted molar refractivity (Wildman–Crippen MR) is 81.9 cm³/mol. The van der Waals surface area contributed by atoms with Crippen molar-refractivity contribution >= 4 is 28.5 Å². The van der Waals surface area contributed by atoms with E-state index in [0.29, 0.717) is 19.0 Å². The average molecular weight is 305 g/mol. The molecule has 0 saturated carbocycles. The van der Waals surface area contributed by atoms with Crippen LogP contribution in [0.2, 0.25) is 5.15 Å². The standard InChI is InChI=1S/C16H17ClN2O2/c1-19-7-8(16(20)21)5-10-9-3-2-4-12-14(9)11(6-13(10)19)15(17)18-12/h2-4,8,10,13,18H,5-7H2,1H3,(H,20,21)/t8?,10?,13-/m1/s1. The summed E-state index contributed by atoms with van der Waals surface area (Å²) in [6.45, 7) is 0.615. The number of hydrogen-bond acceptors (Lipinski definition) is 2. The first kappa shape index (κ1) is 13.2. The van der Waals surface area contributed by atoms with E-state index in [4.69, 9.17) is 11.6 Å². The lowest BCUT2D eigenvalue weighted by Gasteiger charge is -2.44. The van der Waals surface area contributed by atoms with E-state index >= 15 is 0 Å². The van der Waals surface area contributed by atoms with Gasteiger partial charge in [0.2, 0.25) is 0 Å². The summed E-state index contributed by atoms with van der Waals surface area (Å²) in [7, 11) is 2.03. The zero-order valence-corrected chi connectivity index (χ0v) is 12.5. The highest BCUT2D eigenvalue weighted by Gasteiger charge is 2.42. The summed E-state index contributed by atoms with van der Waals surface area (Å²) in [6, 6.07) is 6.54. The van der Waals surface area contributed by atoms with Crippen molar-refractivity contribution in [3.05, 3.63) is 34.5 Å². The molecule has 1 saturated heterocycles. The van der Waals surface area contributed by atoms with Crippen LogP contribution in [0, 0.1) is 5.92 Å². The van der Waals surface area contributed by atoms with E-state index in [2.05, 4.69) is 16.0 Å². The molecule has 2 aliphatic rings. The number of aromatic amines is 1. The van der Waals surface area contributed by atoms with E-state index < -0.39 is 5.97 Å². The molecule has 0 bridgehead atoms. The number of carboxylic acid groups (broad SMARTS) is 1. The van der Waals surface area contributed by atoms with E-state index in [0.717, 1.165) is 17.1 Å². The van der Waals surface area contributed by atoms with Gasteiger partial charge in [-0.3, -0.25) is 4.79 Å². The van der Waals surface area contributed by atoms with Crippen LogP contribution in [0.15, 0.2) is 18.2 Å².